The number of carbonyl (C=O) groups is 1. The molecule has 18 heavy (non-hydrogen) atoms. The average Bonchev–Trinajstić information content (AvgIpc) is 2.58. The number of aryl methyl sites for hydroxylation is 1. The van der Waals surface area contributed by atoms with Crippen molar-refractivity contribution in [2.24, 2.45) is 0 Å². The van der Waals surface area contributed by atoms with Crippen LogP contribution >= 0.6 is 0 Å². The van der Waals surface area contributed by atoms with Crippen LogP contribution in [0.25, 0.3) is 0 Å². The van der Waals surface area contributed by atoms with Crippen molar-refractivity contribution >= 4 is 6.09 Å². The lowest BCUT2D eigenvalue weighted by molar-refractivity contribution is 0.181. The molecule has 1 heterocycles. The van der Waals surface area contributed by atoms with Gasteiger partial charge in [-0.2, -0.15) is 10.4 Å². The molecule has 2 N–H and O–H groups in total. The molecular formula is C12H18N4O2. The monoisotopic (exact) mass is 250 g/mol. The van der Waals surface area contributed by atoms with E-state index in [-0.39, 0.29) is 0 Å². The maximum Gasteiger partial charge on any atom is 0.405 e. The second-order valence-corrected chi connectivity index (χ2v) is 4.85. The number of carboxylic acid groups (broad SMARTS) is 1. The molecule has 0 radical (unpaired) electrons. The smallest absolute Gasteiger partial charge is 0.405 e. The first-order valence-corrected chi connectivity index (χ1v) is 5.86. The Balaban J connectivity index is 2.92. The molecule has 0 saturated heterocycles. The second kappa shape index (κ2) is 5.54. The lowest BCUT2D eigenvalue weighted by atomic mass is 9.98. The molecule has 1 aromatic heterocycles. The summed E-state index contributed by atoms with van der Waals surface area (Å²) in [5, 5.41) is 24.2. The van der Waals surface area contributed by atoms with Crippen molar-refractivity contribution in [1.29, 1.82) is 5.26 Å². The van der Waals surface area contributed by atoms with Crippen molar-refractivity contribution in [3.8, 4) is 6.07 Å². The first-order valence-electron chi connectivity index (χ1n) is 5.86. The molecule has 0 spiro atoms. The molecule has 0 saturated carbocycles. The number of hydrogen-bond donors (Lipinski definition) is 2. The van der Waals surface area contributed by atoms with Crippen LogP contribution in [0, 0.1) is 11.3 Å². The SMILES string of the molecule is CCCn1nc(C#N)cc1CC(C)(C)NC(=O)O. The van der Waals surface area contributed by atoms with Gasteiger partial charge in [-0.25, -0.2) is 4.79 Å². The van der Waals surface area contributed by atoms with E-state index >= 15 is 0 Å². The highest BCUT2D eigenvalue weighted by Gasteiger charge is 2.23. The van der Waals surface area contributed by atoms with Gasteiger partial charge in [0.05, 0.1) is 0 Å². The van der Waals surface area contributed by atoms with Crippen molar-refractivity contribution in [1.82, 2.24) is 15.1 Å². The van der Waals surface area contributed by atoms with Crippen molar-refractivity contribution in [3.63, 3.8) is 0 Å². The zero-order valence-electron chi connectivity index (χ0n) is 10.9. The summed E-state index contributed by atoms with van der Waals surface area (Å²) >= 11 is 0. The highest BCUT2D eigenvalue weighted by atomic mass is 16.4. The van der Waals surface area contributed by atoms with E-state index in [1.165, 1.54) is 0 Å². The quantitative estimate of drug-likeness (QED) is 0.832. The van der Waals surface area contributed by atoms with Gasteiger partial charge in [-0.05, 0) is 26.3 Å². The third kappa shape index (κ3) is 3.77. The van der Waals surface area contributed by atoms with E-state index < -0.39 is 11.6 Å². The highest BCUT2D eigenvalue weighted by Crippen LogP contribution is 2.14. The third-order valence-corrected chi connectivity index (χ3v) is 2.48. The average molecular weight is 250 g/mol. The molecule has 0 aliphatic rings. The number of rotatable bonds is 5. The van der Waals surface area contributed by atoms with E-state index in [1.807, 2.05) is 13.0 Å². The fraction of sp³-hybridized carbons (Fsp3) is 0.583. The molecule has 1 amide bonds. The van der Waals surface area contributed by atoms with E-state index in [4.69, 9.17) is 10.4 Å². The molecule has 0 unspecified atom stereocenters. The maximum atomic E-state index is 10.7. The van der Waals surface area contributed by atoms with E-state index in [9.17, 15) is 4.79 Å². The summed E-state index contributed by atoms with van der Waals surface area (Å²) in [6, 6.07) is 3.71. The Labute approximate surface area is 106 Å². The molecule has 0 bridgehead atoms. The number of hydrogen-bond acceptors (Lipinski definition) is 3. The van der Waals surface area contributed by atoms with Gasteiger partial charge in [-0.3, -0.25) is 4.68 Å². The maximum absolute atomic E-state index is 10.7. The second-order valence-electron chi connectivity index (χ2n) is 4.85. The van der Waals surface area contributed by atoms with Crippen LogP contribution in [0.15, 0.2) is 6.07 Å². The minimum atomic E-state index is -1.05. The van der Waals surface area contributed by atoms with Crippen LogP contribution in [-0.4, -0.2) is 26.5 Å². The molecule has 6 heteroatoms. The molecule has 98 valence electrons. The Kier molecular flexibility index (Phi) is 4.32. The molecule has 6 nitrogen and oxygen atoms in total. The number of nitrogens with one attached hydrogen (secondary N) is 1. The van der Waals surface area contributed by atoms with Gasteiger partial charge < -0.3 is 10.4 Å². The predicted octanol–water partition coefficient (Wildman–Crippen LogP) is 1.75. The van der Waals surface area contributed by atoms with Crippen molar-refractivity contribution < 1.29 is 9.90 Å². The van der Waals surface area contributed by atoms with Crippen LogP contribution < -0.4 is 5.32 Å². The molecular weight excluding hydrogens is 232 g/mol. The van der Waals surface area contributed by atoms with Crippen LogP contribution in [-0.2, 0) is 13.0 Å². The Morgan fingerprint density at radius 3 is 2.83 bits per heavy atom. The standard InChI is InChI=1S/C12H18N4O2/c1-4-5-16-10(6-9(8-13)15-16)7-12(2,3)14-11(17)18/h6,14H,4-5,7H2,1-3H3,(H,17,18). The van der Waals surface area contributed by atoms with Gasteiger partial charge in [0, 0.05) is 24.2 Å². The minimum Gasteiger partial charge on any atom is -0.465 e. The number of nitrogens with zero attached hydrogens (tertiary/aromatic N) is 3. The van der Waals surface area contributed by atoms with Gasteiger partial charge in [0.15, 0.2) is 5.69 Å². The van der Waals surface area contributed by atoms with Gasteiger partial charge in [0.25, 0.3) is 0 Å². The lowest BCUT2D eigenvalue weighted by Crippen LogP contribution is -2.44. The summed E-state index contributed by atoms with van der Waals surface area (Å²) in [6.45, 7) is 6.35. The molecule has 0 atom stereocenters. The fourth-order valence-corrected chi connectivity index (χ4v) is 1.84. The zero-order chi connectivity index (χ0) is 13.8. The van der Waals surface area contributed by atoms with Gasteiger partial charge in [0.1, 0.15) is 6.07 Å². The molecule has 0 aliphatic heterocycles. The predicted molar refractivity (Wildman–Crippen MR) is 66.2 cm³/mol. The Bertz CT molecular complexity index is 471. The highest BCUT2D eigenvalue weighted by molar-refractivity contribution is 5.65. The van der Waals surface area contributed by atoms with Crippen LogP contribution in [0.3, 0.4) is 0 Å². The van der Waals surface area contributed by atoms with Gasteiger partial charge in [-0.15, -0.1) is 0 Å². The van der Waals surface area contributed by atoms with Crippen LogP contribution in [0.2, 0.25) is 0 Å². The Morgan fingerprint density at radius 2 is 2.33 bits per heavy atom. The zero-order valence-corrected chi connectivity index (χ0v) is 10.9. The van der Waals surface area contributed by atoms with Crippen molar-refractivity contribution in [3.05, 3.63) is 17.5 Å². The van der Waals surface area contributed by atoms with Gasteiger partial charge in [-0.1, -0.05) is 6.92 Å². The molecule has 0 fully saturated rings. The van der Waals surface area contributed by atoms with Crippen molar-refractivity contribution in [2.75, 3.05) is 0 Å². The summed E-state index contributed by atoms with van der Waals surface area (Å²) < 4.78 is 1.77. The molecule has 0 aliphatic carbocycles. The van der Waals surface area contributed by atoms with E-state index in [1.54, 1.807) is 24.6 Å². The van der Waals surface area contributed by atoms with Crippen LogP contribution in [0.5, 0.6) is 0 Å². The van der Waals surface area contributed by atoms with Crippen LogP contribution in [0.1, 0.15) is 38.6 Å². The first-order chi connectivity index (χ1) is 8.38. The topological polar surface area (TPSA) is 90.9 Å². The summed E-state index contributed by atoms with van der Waals surface area (Å²) in [6.07, 6.45) is 0.349. The minimum absolute atomic E-state index is 0.365. The first kappa shape index (κ1) is 14.0. The summed E-state index contributed by atoms with van der Waals surface area (Å²) in [5.74, 6) is 0. The van der Waals surface area contributed by atoms with E-state index in [0.717, 1.165) is 18.7 Å². The number of nitriles is 1. The summed E-state index contributed by atoms with van der Waals surface area (Å²) in [7, 11) is 0. The normalized spacial score (nSPS) is 11.0. The van der Waals surface area contributed by atoms with Gasteiger partial charge in [0.2, 0.25) is 0 Å². The summed E-state index contributed by atoms with van der Waals surface area (Å²) in [4.78, 5) is 10.7. The fourth-order valence-electron chi connectivity index (χ4n) is 1.84. The Hall–Kier alpha value is -2.03. The van der Waals surface area contributed by atoms with Crippen molar-refractivity contribution in [2.45, 2.75) is 45.7 Å². The summed E-state index contributed by atoms with van der Waals surface area (Å²) in [5.41, 5.74) is 0.640. The van der Waals surface area contributed by atoms with E-state index in [2.05, 4.69) is 10.4 Å². The van der Waals surface area contributed by atoms with Gasteiger partial charge >= 0.3 is 6.09 Å². The molecule has 1 aromatic rings. The lowest BCUT2D eigenvalue weighted by Gasteiger charge is -2.24. The van der Waals surface area contributed by atoms with E-state index in [0.29, 0.717) is 12.1 Å². The number of amides is 1. The third-order valence-electron chi connectivity index (χ3n) is 2.48. The largest absolute Gasteiger partial charge is 0.465 e. The van der Waals surface area contributed by atoms with Crippen LogP contribution in [0.4, 0.5) is 4.79 Å². The Morgan fingerprint density at radius 1 is 1.67 bits per heavy atom. The molecule has 1 rings (SSSR count). The number of aromatic nitrogens is 2. The molecule has 0 aromatic carbocycles.